The molecule has 3 heteroatoms. The van der Waals surface area contributed by atoms with Gasteiger partial charge in [0.05, 0.1) is 16.9 Å². The van der Waals surface area contributed by atoms with Crippen molar-refractivity contribution in [3.05, 3.63) is 99.7 Å². The molecule has 0 saturated carbocycles. The molecule has 3 aromatic carbocycles. The largest absolute Gasteiger partial charge is 0.497 e. The Labute approximate surface area is 168 Å². The molecule has 1 heterocycles. The molecule has 0 spiro atoms. The summed E-state index contributed by atoms with van der Waals surface area (Å²) in [4.78, 5) is 14.3. The number of carbonyl (C=O) groups excluding carboxylic acids is 1. The highest BCUT2D eigenvalue weighted by Gasteiger charge is 2.10. The summed E-state index contributed by atoms with van der Waals surface area (Å²) < 4.78 is 5.15. The summed E-state index contributed by atoms with van der Waals surface area (Å²) in [6.07, 6.45) is 0.400. The van der Waals surface area contributed by atoms with Gasteiger partial charge in [0.2, 0.25) is 0 Å². The third-order valence-electron chi connectivity index (χ3n) is 4.48. The number of hydrogen-bond donors (Lipinski definition) is 0. The van der Waals surface area contributed by atoms with Crippen LogP contribution in [0.2, 0.25) is 0 Å². The van der Waals surface area contributed by atoms with Crippen molar-refractivity contribution in [2.45, 2.75) is 6.42 Å². The van der Waals surface area contributed by atoms with E-state index in [1.165, 1.54) is 16.7 Å². The maximum absolute atomic E-state index is 12.7. The molecule has 0 aliphatic carbocycles. The lowest BCUT2D eigenvalue weighted by Crippen LogP contribution is -2.00. The van der Waals surface area contributed by atoms with Crippen molar-refractivity contribution in [1.29, 1.82) is 0 Å². The zero-order valence-electron chi connectivity index (χ0n) is 15.4. The second-order valence-corrected chi connectivity index (χ2v) is 7.51. The molecule has 0 saturated heterocycles. The highest BCUT2D eigenvalue weighted by atomic mass is 32.1. The third kappa shape index (κ3) is 4.14. The molecule has 4 aromatic rings. The molecule has 0 aliphatic rings. The van der Waals surface area contributed by atoms with E-state index < -0.39 is 0 Å². The maximum Gasteiger partial charge on any atom is 0.177 e. The fourth-order valence-corrected chi connectivity index (χ4v) is 3.78. The summed E-state index contributed by atoms with van der Waals surface area (Å²) in [7, 11) is 1.64. The molecule has 28 heavy (non-hydrogen) atoms. The minimum atomic E-state index is 0.123. The van der Waals surface area contributed by atoms with Crippen molar-refractivity contribution in [2.75, 3.05) is 7.11 Å². The first-order valence-electron chi connectivity index (χ1n) is 8.98. The van der Waals surface area contributed by atoms with Gasteiger partial charge in [-0.15, -0.1) is 11.3 Å². The van der Waals surface area contributed by atoms with E-state index in [1.807, 2.05) is 54.6 Å². The predicted octanol–water partition coefficient (Wildman–Crippen LogP) is 5.74. The topological polar surface area (TPSA) is 26.3 Å². The lowest BCUT2D eigenvalue weighted by molar-refractivity contribution is 0.0997. The van der Waals surface area contributed by atoms with Crippen LogP contribution in [0.5, 0.6) is 5.75 Å². The van der Waals surface area contributed by atoms with Crippen molar-refractivity contribution in [3.63, 3.8) is 0 Å². The lowest BCUT2D eigenvalue weighted by Gasteiger charge is -2.02. The summed E-state index contributed by atoms with van der Waals surface area (Å²) >= 11 is 1.44. The number of ketones is 1. The van der Waals surface area contributed by atoms with Crippen LogP contribution in [0.15, 0.2) is 78.9 Å². The van der Waals surface area contributed by atoms with Crippen LogP contribution in [0.25, 0.3) is 10.8 Å². The molecule has 0 N–H and O–H groups in total. The quantitative estimate of drug-likeness (QED) is 0.333. The van der Waals surface area contributed by atoms with Gasteiger partial charge in [-0.25, -0.2) is 0 Å². The van der Waals surface area contributed by atoms with E-state index in [9.17, 15) is 4.79 Å². The van der Waals surface area contributed by atoms with E-state index in [4.69, 9.17) is 4.74 Å². The van der Waals surface area contributed by atoms with E-state index in [0.717, 1.165) is 32.0 Å². The van der Waals surface area contributed by atoms with Gasteiger partial charge in [-0.2, -0.15) is 0 Å². The fourth-order valence-electron chi connectivity index (χ4n) is 2.98. The Morgan fingerprint density at radius 1 is 0.893 bits per heavy atom. The SMILES string of the molecule is COc1ccc(C#Cc2ccc(C(=O)Cc3ccc4ccccc4c3)s2)cc1. The van der Waals surface area contributed by atoms with Crippen molar-refractivity contribution < 1.29 is 9.53 Å². The average Bonchev–Trinajstić information content (AvgIpc) is 3.22. The van der Waals surface area contributed by atoms with Gasteiger partial charge >= 0.3 is 0 Å². The number of rotatable bonds is 4. The number of Topliss-reactive ketones (excluding diaryl/α,β-unsaturated/α-hetero) is 1. The number of ether oxygens (including phenoxy) is 1. The normalized spacial score (nSPS) is 10.3. The third-order valence-corrected chi connectivity index (χ3v) is 5.52. The van der Waals surface area contributed by atoms with Gasteiger partial charge in [-0.1, -0.05) is 54.3 Å². The molecule has 0 aliphatic heterocycles. The first kappa shape index (κ1) is 18.0. The molecule has 0 unspecified atom stereocenters. The van der Waals surface area contributed by atoms with E-state index in [0.29, 0.717) is 6.42 Å². The second-order valence-electron chi connectivity index (χ2n) is 6.42. The smallest absolute Gasteiger partial charge is 0.177 e. The molecule has 0 bridgehead atoms. The van der Waals surface area contributed by atoms with Gasteiger partial charge in [0.1, 0.15) is 5.75 Å². The van der Waals surface area contributed by atoms with E-state index >= 15 is 0 Å². The van der Waals surface area contributed by atoms with E-state index in [1.54, 1.807) is 7.11 Å². The van der Waals surface area contributed by atoms with Crippen LogP contribution in [0.3, 0.4) is 0 Å². The van der Waals surface area contributed by atoms with Crippen molar-refractivity contribution in [3.8, 4) is 17.6 Å². The highest BCUT2D eigenvalue weighted by molar-refractivity contribution is 7.14. The molecule has 2 nitrogen and oxygen atoms in total. The Kier molecular flexibility index (Phi) is 5.23. The number of hydrogen-bond acceptors (Lipinski definition) is 3. The Balaban J connectivity index is 1.47. The van der Waals surface area contributed by atoms with Crippen molar-refractivity contribution in [1.82, 2.24) is 0 Å². The molecule has 0 fully saturated rings. The van der Waals surface area contributed by atoms with Gasteiger partial charge in [0.25, 0.3) is 0 Å². The van der Waals surface area contributed by atoms with Gasteiger partial charge in [0.15, 0.2) is 5.78 Å². The standard InChI is InChI=1S/C25H18O2S/c1-27-22-11-7-18(8-12-22)9-13-23-14-15-25(28-23)24(26)17-19-6-10-20-4-2-3-5-21(20)16-19/h2-8,10-12,14-16H,17H2,1H3. The molecule has 0 amide bonds. The lowest BCUT2D eigenvalue weighted by atomic mass is 10.0. The average molecular weight is 382 g/mol. The Morgan fingerprint density at radius 2 is 1.68 bits per heavy atom. The van der Waals surface area contributed by atoms with Crippen LogP contribution in [0.1, 0.15) is 25.7 Å². The van der Waals surface area contributed by atoms with Crippen LogP contribution < -0.4 is 4.74 Å². The van der Waals surface area contributed by atoms with E-state index in [2.05, 4.69) is 36.1 Å². The van der Waals surface area contributed by atoms with Gasteiger partial charge in [-0.3, -0.25) is 4.79 Å². The Morgan fingerprint density at radius 3 is 2.46 bits per heavy atom. The number of benzene rings is 3. The highest BCUT2D eigenvalue weighted by Crippen LogP contribution is 2.21. The van der Waals surface area contributed by atoms with E-state index in [-0.39, 0.29) is 5.78 Å². The maximum atomic E-state index is 12.7. The number of thiophene rings is 1. The molecule has 136 valence electrons. The van der Waals surface area contributed by atoms with Crippen LogP contribution in [-0.4, -0.2) is 12.9 Å². The predicted molar refractivity (Wildman–Crippen MR) is 115 cm³/mol. The van der Waals surface area contributed by atoms with Gasteiger partial charge in [0, 0.05) is 12.0 Å². The fraction of sp³-hybridized carbons (Fsp3) is 0.0800. The molecule has 4 rings (SSSR count). The summed E-state index contributed by atoms with van der Waals surface area (Å²) in [5.41, 5.74) is 1.95. The molecule has 1 aromatic heterocycles. The first-order valence-corrected chi connectivity index (χ1v) is 9.80. The Hall–Kier alpha value is -3.35. The molecule has 0 atom stereocenters. The zero-order valence-corrected chi connectivity index (χ0v) is 16.3. The summed E-state index contributed by atoms with van der Waals surface area (Å²) in [5, 5.41) is 2.34. The summed E-state index contributed by atoms with van der Waals surface area (Å²) in [6.45, 7) is 0. The zero-order chi connectivity index (χ0) is 19.3. The minimum Gasteiger partial charge on any atom is -0.497 e. The van der Waals surface area contributed by atoms with Gasteiger partial charge < -0.3 is 4.74 Å². The summed E-state index contributed by atoms with van der Waals surface area (Å²) in [6, 6.07) is 25.8. The first-order chi connectivity index (χ1) is 13.7. The van der Waals surface area contributed by atoms with Crippen molar-refractivity contribution in [2.24, 2.45) is 0 Å². The monoisotopic (exact) mass is 382 g/mol. The number of carbonyl (C=O) groups is 1. The molecular formula is C25H18O2S. The van der Waals surface area contributed by atoms with Crippen molar-refractivity contribution >= 4 is 27.9 Å². The minimum absolute atomic E-state index is 0.123. The van der Waals surface area contributed by atoms with Crippen LogP contribution >= 0.6 is 11.3 Å². The molecule has 0 radical (unpaired) electrons. The number of fused-ring (bicyclic) bond motifs is 1. The molecular weight excluding hydrogens is 364 g/mol. The van der Waals surface area contributed by atoms with Crippen LogP contribution in [0, 0.1) is 11.8 Å². The Bertz CT molecular complexity index is 1190. The van der Waals surface area contributed by atoms with Crippen LogP contribution in [-0.2, 0) is 6.42 Å². The second kappa shape index (κ2) is 8.12. The van der Waals surface area contributed by atoms with Crippen LogP contribution in [0.4, 0.5) is 0 Å². The van der Waals surface area contributed by atoms with Gasteiger partial charge in [-0.05, 0) is 52.7 Å². The number of methoxy groups -OCH3 is 1. The summed E-state index contributed by atoms with van der Waals surface area (Å²) in [5.74, 6) is 7.20.